The molecule has 1 aromatic carbocycles. The minimum Gasteiger partial charge on any atom is -0.396 e. The van der Waals surface area contributed by atoms with Gasteiger partial charge in [0, 0.05) is 0 Å². The van der Waals surface area contributed by atoms with Gasteiger partial charge in [-0.3, -0.25) is 0 Å². The molecule has 0 aromatic heterocycles. The van der Waals surface area contributed by atoms with Crippen LogP contribution in [0, 0.1) is 10.8 Å². The first kappa shape index (κ1) is 18.3. The van der Waals surface area contributed by atoms with Crippen LogP contribution in [0.3, 0.4) is 0 Å². The summed E-state index contributed by atoms with van der Waals surface area (Å²) in [6.45, 7) is 3.59. The van der Waals surface area contributed by atoms with Crippen molar-refractivity contribution >= 4 is 0 Å². The van der Waals surface area contributed by atoms with Gasteiger partial charge in [0.25, 0.3) is 0 Å². The lowest BCUT2D eigenvalue weighted by atomic mass is 9.88. The fourth-order valence-electron chi connectivity index (χ4n) is 2.19. The van der Waals surface area contributed by atoms with Crippen molar-refractivity contribution in [1.82, 2.24) is 0 Å². The van der Waals surface area contributed by atoms with Crippen LogP contribution in [0.15, 0.2) is 30.3 Å². The summed E-state index contributed by atoms with van der Waals surface area (Å²) in [5, 5.41) is 26.4. The summed E-state index contributed by atoms with van der Waals surface area (Å²) in [4.78, 5) is 0. The third-order valence-electron chi connectivity index (χ3n) is 4.16. The van der Waals surface area contributed by atoms with Crippen molar-refractivity contribution in [2.75, 3.05) is 52.9 Å². The highest BCUT2D eigenvalue weighted by molar-refractivity contribution is 5.13. The molecule has 23 heavy (non-hydrogen) atoms. The molecule has 0 amide bonds. The molecule has 2 heterocycles. The predicted molar refractivity (Wildman–Crippen MR) is 83.9 cm³/mol. The zero-order valence-electron chi connectivity index (χ0n) is 13.3. The maximum atomic E-state index is 9.17. The summed E-state index contributed by atoms with van der Waals surface area (Å²) < 4.78 is 15.5. The Kier molecular flexibility index (Phi) is 6.95. The molecule has 0 aliphatic carbocycles. The molecule has 0 radical (unpaired) electrons. The van der Waals surface area contributed by atoms with Crippen LogP contribution in [0.4, 0.5) is 0 Å². The zero-order valence-corrected chi connectivity index (χ0v) is 13.3. The molecule has 6 nitrogen and oxygen atoms in total. The Morgan fingerprint density at radius 3 is 1.70 bits per heavy atom. The summed E-state index contributed by atoms with van der Waals surface area (Å²) in [6, 6.07) is 10.0. The Balaban J connectivity index is 0.000000203. The van der Waals surface area contributed by atoms with E-state index in [1.807, 2.05) is 30.3 Å². The lowest BCUT2D eigenvalue weighted by molar-refractivity contribution is -0.170. The molecular weight excluding hydrogens is 300 g/mol. The lowest BCUT2D eigenvalue weighted by Gasteiger charge is -2.39. The van der Waals surface area contributed by atoms with Crippen molar-refractivity contribution in [1.29, 1.82) is 0 Å². The van der Waals surface area contributed by atoms with E-state index in [4.69, 9.17) is 24.4 Å². The molecule has 0 unspecified atom stereocenters. The molecule has 2 aliphatic heterocycles. The Morgan fingerprint density at radius 1 is 0.826 bits per heavy atom. The summed E-state index contributed by atoms with van der Waals surface area (Å²) in [5.74, 6) is 0. The van der Waals surface area contributed by atoms with E-state index >= 15 is 0 Å². The van der Waals surface area contributed by atoms with Crippen LogP contribution < -0.4 is 0 Å². The molecule has 2 fully saturated rings. The molecule has 130 valence electrons. The van der Waals surface area contributed by atoms with E-state index in [0.717, 1.165) is 5.56 Å². The first-order chi connectivity index (χ1) is 11.2. The molecule has 3 N–H and O–H groups in total. The van der Waals surface area contributed by atoms with Crippen molar-refractivity contribution in [2.24, 2.45) is 10.8 Å². The van der Waals surface area contributed by atoms with Gasteiger partial charge in [-0.1, -0.05) is 30.3 Å². The van der Waals surface area contributed by atoms with Crippen LogP contribution >= 0.6 is 0 Å². The van der Waals surface area contributed by atoms with E-state index in [1.54, 1.807) is 0 Å². The summed E-state index contributed by atoms with van der Waals surface area (Å²) >= 11 is 0. The number of aliphatic hydroxyl groups is 3. The van der Waals surface area contributed by atoms with E-state index in [0.29, 0.717) is 39.6 Å². The Hall–Kier alpha value is -1.02. The Bertz CT molecular complexity index is 423. The third-order valence-corrected chi connectivity index (χ3v) is 4.16. The largest absolute Gasteiger partial charge is 0.396 e. The fraction of sp³-hybridized carbons (Fsp3) is 0.647. The van der Waals surface area contributed by atoms with Gasteiger partial charge in [-0.15, -0.1) is 0 Å². The molecule has 3 rings (SSSR count). The molecule has 2 saturated heterocycles. The van der Waals surface area contributed by atoms with Gasteiger partial charge in [0.15, 0.2) is 0 Å². The molecule has 0 spiro atoms. The number of hydrogen-bond donors (Lipinski definition) is 3. The second kappa shape index (κ2) is 8.73. The predicted octanol–water partition coefficient (Wildman–Crippen LogP) is 0.200. The van der Waals surface area contributed by atoms with Crippen LogP contribution in [0.1, 0.15) is 5.56 Å². The second-order valence-electron chi connectivity index (χ2n) is 6.44. The standard InChI is InChI=1S/C12H16O3.C5H10O3/c13-7-12(9-15-10-12)8-14-6-11-4-2-1-3-5-11;6-1-5(2-7)3-8-4-5/h1-5,13H,6-10H2;6-7H,1-4H2. The van der Waals surface area contributed by atoms with E-state index in [2.05, 4.69) is 0 Å². The van der Waals surface area contributed by atoms with Gasteiger partial charge in [0.2, 0.25) is 0 Å². The van der Waals surface area contributed by atoms with Gasteiger partial charge in [-0.05, 0) is 5.56 Å². The highest BCUT2D eigenvalue weighted by Gasteiger charge is 2.38. The van der Waals surface area contributed by atoms with Crippen molar-refractivity contribution in [3.05, 3.63) is 35.9 Å². The van der Waals surface area contributed by atoms with Gasteiger partial charge >= 0.3 is 0 Å². The molecule has 1 aromatic rings. The van der Waals surface area contributed by atoms with Crippen LogP contribution in [0.25, 0.3) is 0 Å². The van der Waals surface area contributed by atoms with E-state index in [-0.39, 0.29) is 30.7 Å². The quantitative estimate of drug-likeness (QED) is 0.663. The minimum atomic E-state index is -0.306. The van der Waals surface area contributed by atoms with E-state index in [1.165, 1.54) is 0 Å². The number of ether oxygens (including phenoxy) is 3. The molecule has 2 aliphatic rings. The smallest absolute Gasteiger partial charge is 0.0717 e. The van der Waals surface area contributed by atoms with Crippen molar-refractivity contribution in [3.8, 4) is 0 Å². The normalized spacial score (nSPS) is 20.7. The van der Waals surface area contributed by atoms with Crippen molar-refractivity contribution in [2.45, 2.75) is 6.61 Å². The van der Waals surface area contributed by atoms with Crippen LogP contribution in [-0.2, 0) is 20.8 Å². The molecule has 0 saturated carbocycles. The van der Waals surface area contributed by atoms with Gasteiger partial charge in [0.05, 0.1) is 70.3 Å². The summed E-state index contributed by atoms with van der Waals surface area (Å²) in [5.41, 5.74) is 0.709. The van der Waals surface area contributed by atoms with Crippen molar-refractivity contribution < 1.29 is 29.5 Å². The molecule has 6 heteroatoms. The highest BCUT2D eigenvalue weighted by atomic mass is 16.5. The number of aliphatic hydroxyl groups excluding tert-OH is 3. The number of hydrogen-bond acceptors (Lipinski definition) is 6. The lowest BCUT2D eigenvalue weighted by Crippen LogP contribution is -2.49. The monoisotopic (exact) mass is 326 g/mol. The summed E-state index contributed by atoms with van der Waals surface area (Å²) in [6.07, 6.45) is 0. The van der Waals surface area contributed by atoms with Crippen molar-refractivity contribution in [3.63, 3.8) is 0 Å². The summed E-state index contributed by atoms with van der Waals surface area (Å²) in [7, 11) is 0. The fourth-order valence-corrected chi connectivity index (χ4v) is 2.19. The zero-order chi connectivity index (χ0) is 16.6. The second-order valence-corrected chi connectivity index (χ2v) is 6.44. The van der Waals surface area contributed by atoms with Crippen LogP contribution in [0.2, 0.25) is 0 Å². The third kappa shape index (κ3) is 4.97. The highest BCUT2D eigenvalue weighted by Crippen LogP contribution is 2.27. The van der Waals surface area contributed by atoms with Gasteiger partial charge in [0.1, 0.15) is 0 Å². The van der Waals surface area contributed by atoms with Gasteiger partial charge in [-0.2, -0.15) is 0 Å². The molecule has 0 atom stereocenters. The van der Waals surface area contributed by atoms with E-state index < -0.39 is 0 Å². The minimum absolute atomic E-state index is 0.0312. The van der Waals surface area contributed by atoms with Crippen LogP contribution in [0.5, 0.6) is 0 Å². The average molecular weight is 326 g/mol. The first-order valence-electron chi connectivity index (χ1n) is 7.77. The van der Waals surface area contributed by atoms with Crippen LogP contribution in [-0.4, -0.2) is 68.2 Å². The Morgan fingerprint density at radius 2 is 1.35 bits per heavy atom. The number of rotatable bonds is 7. The van der Waals surface area contributed by atoms with Gasteiger partial charge < -0.3 is 29.5 Å². The topological polar surface area (TPSA) is 88.4 Å². The first-order valence-corrected chi connectivity index (χ1v) is 7.77. The SMILES string of the molecule is OCC1(CO)COC1.OCC1(COCc2ccccc2)COC1. The molecular formula is C17H26O6. The Labute approximate surface area is 136 Å². The van der Waals surface area contributed by atoms with Gasteiger partial charge in [-0.25, -0.2) is 0 Å². The van der Waals surface area contributed by atoms with E-state index in [9.17, 15) is 5.11 Å². The maximum absolute atomic E-state index is 9.17. The average Bonchev–Trinajstić information content (AvgIpc) is 2.52. The maximum Gasteiger partial charge on any atom is 0.0717 e. The number of benzene rings is 1. The molecule has 0 bridgehead atoms.